The summed E-state index contributed by atoms with van der Waals surface area (Å²) in [6.45, 7) is 0.157. The normalized spacial score (nSPS) is 10.2. The number of ether oxygens (including phenoxy) is 1. The van der Waals surface area contributed by atoms with Crippen molar-refractivity contribution in [1.82, 2.24) is 9.97 Å². The SMILES string of the molecule is Nc1ncc([N+](=O)[O-])c(OCc2ccc(Br)cc2)n1. The molecular weight excluding hydrogens is 316 g/mol. The highest BCUT2D eigenvalue weighted by Crippen LogP contribution is 2.24. The molecule has 2 rings (SSSR count). The molecular formula is C11H9BrN4O3. The maximum atomic E-state index is 10.8. The van der Waals surface area contributed by atoms with Gasteiger partial charge in [-0.05, 0) is 17.7 Å². The van der Waals surface area contributed by atoms with Gasteiger partial charge >= 0.3 is 5.69 Å². The van der Waals surface area contributed by atoms with Gasteiger partial charge in [0.25, 0.3) is 5.88 Å². The fraction of sp³-hybridized carbons (Fsp3) is 0.0909. The first kappa shape index (κ1) is 13.2. The highest BCUT2D eigenvalue weighted by Gasteiger charge is 2.18. The summed E-state index contributed by atoms with van der Waals surface area (Å²) < 4.78 is 6.26. The van der Waals surface area contributed by atoms with Crippen molar-refractivity contribution >= 4 is 27.6 Å². The molecule has 98 valence electrons. The third-order valence-corrected chi connectivity index (χ3v) is 2.77. The lowest BCUT2D eigenvalue weighted by atomic mass is 10.2. The largest absolute Gasteiger partial charge is 0.468 e. The number of aromatic nitrogens is 2. The molecule has 0 saturated carbocycles. The van der Waals surface area contributed by atoms with E-state index in [1.54, 1.807) is 0 Å². The molecule has 1 aromatic heterocycles. The van der Waals surface area contributed by atoms with Crippen LogP contribution in [0.4, 0.5) is 11.6 Å². The molecule has 19 heavy (non-hydrogen) atoms. The molecule has 8 heteroatoms. The summed E-state index contributed by atoms with van der Waals surface area (Å²) in [4.78, 5) is 17.5. The van der Waals surface area contributed by atoms with Crippen molar-refractivity contribution in [3.05, 3.63) is 50.6 Å². The Morgan fingerprint density at radius 1 is 1.37 bits per heavy atom. The first-order valence-electron chi connectivity index (χ1n) is 5.20. The van der Waals surface area contributed by atoms with Gasteiger partial charge < -0.3 is 10.5 Å². The van der Waals surface area contributed by atoms with Gasteiger partial charge in [0.15, 0.2) is 0 Å². The second kappa shape index (κ2) is 5.61. The molecule has 0 bridgehead atoms. The molecule has 0 spiro atoms. The van der Waals surface area contributed by atoms with Crippen LogP contribution in [0.2, 0.25) is 0 Å². The van der Waals surface area contributed by atoms with Crippen LogP contribution in [0.25, 0.3) is 0 Å². The maximum absolute atomic E-state index is 10.8. The molecule has 0 amide bonds. The number of nitrogens with zero attached hydrogens (tertiary/aromatic N) is 3. The van der Waals surface area contributed by atoms with Crippen LogP contribution in [-0.4, -0.2) is 14.9 Å². The molecule has 0 aliphatic rings. The van der Waals surface area contributed by atoms with Gasteiger partial charge in [0.05, 0.1) is 4.92 Å². The summed E-state index contributed by atoms with van der Waals surface area (Å²) in [7, 11) is 0. The molecule has 0 radical (unpaired) electrons. The van der Waals surface area contributed by atoms with Gasteiger partial charge in [-0.15, -0.1) is 0 Å². The predicted molar refractivity (Wildman–Crippen MR) is 71.6 cm³/mol. The summed E-state index contributed by atoms with van der Waals surface area (Å²) in [6.07, 6.45) is 1.03. The fourth-order valence-electron chi connectivity index (χ4n) is 1.34. The van der Waals surface area contributed by atoms with Crippen molar-refractivity contribution in [2.24, 2.45) is 0 Å². The van der Waals surface area contributed by atoms with Crippen molar-refractivity contribution in [3.8, 4) is 5.88 Å². The summed E-state index contributed by atoms with van der Waals surface area (Å²) in [6, 6.07) is 7.36. The first-order chi connectivity index (χ1) is 9.06. The Labute approximate surface area is 116 Å². The zero-order valence-corrected chi connectivity index (χ0v) is 11.2. The van der Waals surface area contributed by atoms with Gasteiger partial charge in [-0.3, -0.25) is 10.1 Å². The van der Waals surface area contributed by atoms with E-state index in [0.717, 1.165) is 16.2 Å². The minimum atomic E-state index is -0.615. The van der Waals surface area contributed by atoms with Crippen LogP contribution >= 0.6 is 15.9 Å². The van der Waals surface area contributed by atoms with Crippen molar-refractivity contribution in [2.45, 2.75) is 6.61 Å². The molecule has 2 N–H and O–H groups in total. The monoisotopic (exact) mass is 324 g/mol. The number of halogens is 1. The van der Waals surface area contributed by atoms with Crippen LogP contribution in [0.3, 0.4) is 0 Å². The molecule has 0 unspecified atom stereocenters. The van der Waals surface area contributed by atoms with Crippen LogP contribution in [0.5, 0.6) is 5.88 Å². The van der Waals surface area contributed by atoms with Crippen LogP contribution in [0, 0.1) is 10.1 Å². The predicted octanol–water partition coefficient (Wildman–Crippen LogP) is 2.31. The van der Waals surface area contributed by atoms with E-state index < -0.39 is 4.92 Å². The average molecular weight is 325 g/mol. The van der Waals surface area contributed by atoms with Crippen LogP contribution < -0.4 is 10.5 Å². The Hall–Kier alpha value is -2.22. The van der Waals surface area contributed by atoms with E-state index in [0.29, 0.717) is 0 Å². The smallest absolute Gasteiger partial charge is 0.349 e. The zero-order chi connectivity index (χ0) is 13.8. The van der Waals surface area contributed by atoms with E-state index in [-0.39, 0.29) is 24.1 Å². The number of hydrogen-bond acceptors (Lipinski definition) is 6. The number of benzene rings is 1. The van der Waals surface area contributed by atoms with Gasteiger partial charge in [0, 0.05) is 4.47 Å². The van der Waals surface area contributed by atoms with E-state index in [9.17, 15) is 10.1 Å². The number of nitrogens with two attached hydrogens (primary N) is 1. The second-order valence-electron chi connectivity index (χ2n) is 3.59. The van der Waals surface area contributed by atoms with E-state index in [1.807, 2.05) is 24.3 Å². The Morgan fingerprint density at radius 3 is 2.68 bits per heavy atom. The van der Waals surface area contributed by atoms with Crippen LogP contribution in [-0.2, 0) is 6.61 Å². The van der Waals surface area contributed by atoms with E-state index in [4.69, 9.17) is 10.5 Å². The molecule has 7 nitrogen and oxygen atoms in total. The maximum Gasteiger partial charge on any atom is 0.349 e. The van der Waals surface area contributed by atoms with E-state index in [1.165, 1.54) is 0 Å². The zero-order valence-electron chi connectivity index (χ0n) is 9.62. The van der Waals surface area contributed by atoms with Crippen LogP contribution in [0.15, 0.2) is 34.9 Å². The number of anilines is 1. The Kier molecular flexibility index (Phi) is 3.91. The third-order valence-electron chi connectivity index (χ3n) is 2.24. The summed E-state index contributed by atoms with van der Waals surface area (Å²) >= 11 is 3.31. The van der Waals surface area contributed by atoms with E-state index in [2.05, 4.69) is 25.9 Å². The Morgan fingerprint density at radius 2 is 2.05 bits per heavy atom. The van der Waals surface area contributed by atoms with Gasteiger partial charge in [0.2, 0.25) is 5.95 Å². The second-order valence-corrected chi connectivity index (χ2v) is 4.51. The van der Waals surface area contributed by atoms with Crippen molar-refractivity contribution in [2.75, 3.05) is 5.73 Å². The highest BCUT2D eigenvalue weighted by molar-refractivity contribution is 9.10. The molecule has 1 heterocycles. The molecule has 0 aliphatic carbocycles. The van der Waals surface area contributed by atoms with Gasteiger partial charge in [-0.2, -0.15) is 4.98 Å². The van der Waals surface area contributed by atoms with Gasteiger partial charge in [-0.1, -0.05) is 28.1 Å². The average Bonchev–Trinajstić information content (AvgIpc) is 2.38. The first-order valence-corrected chi connectivity index (χ1v) is 5.99. The van der Waals surface area contributed by atoms with Crippen molar-refractivity contribution in [1.29, 1.82) is 0 Å². The number of rotatable bonds is 4. The number of nitrogen functional groups attached to an aromatic ring is 1. The van der Waals surface area contributed by atoms with Gasteiger partial charge in [0.1, 0.15) is 12.8 Å². The lowest BCUT2D eigenvalue weighted by Gasteiger charge is -2.06. The fourth-order valence-corrected chi connectivity index (χ4v) is 1.60. The molecule has 0 fully saturated rings. The molecule has 1 aromatic carbocycles. The number of nitro groups is 1. The quantitative estimate of drug-likeness (QED) is 0.683. The van der Waals surface area contributed by atoms with Gasteiger partial charge in [-0.25, -0.2) is 4.98 Å². The van der Waals surface area contributed by atoms with Crippen LogP contribution in [0.1, 0.15) is 5.56 Å². The molecule has 0 saturated heterocycles. The topological polar surface area (TPSA) is 104 Å². The standard InChI is InChI=1S/C11H9BrN4O3/c12-8-3-1-7(2-4-8)6-19-10-9(16(17)18)5-14-11(13)15-10/h1-5H,6H2,(H2,13,14,15). The molecule has 0 atom stereocenters. The lowest BCUT2D eigenvalue weighted by molar-refractivity contribution is -0.386. The molecule has 2 aromatic rings. The van der Waals surface area contributed by atoms with E-state index >= 15 is 0 Å². The number of hydrogen-bond donors (Lipinski definition) is 1. The molecule has 0 aliphatic heterocycles. The Bertz CT molecular complexity index is 603. The lowest BCUT2D eigenvalue weighted by Crippen LogP contribution is -2.04. The summed E-state index contributed by atoms with van der Waals surface area (Å²) in [5.41, 5.74) is 5.93. The minimum absolute atomic E-state index is 0.0728. The summed E-state index contributed by atoms with van der Waals surface area (Å²) in [5.74, 6) is -0.211. The Balaban J connectivity index is 2.16. The van der Waals surface area contributed by atoms with Crippen molar-refractivity contribution in [3.63, 3.8) is 0 Å². The van der Waals surface area contributed by atoms with Crippen molar-refractivity contribution < 1.29 is 9.66 Å². The minimum Gasteiger partial charge on any atom is -0.468 e. The summed E-state index contributed by atoms with van der Waals surface area (Å²) in [5, 5.41) is 10.8. The highest BCUT2D eigenvalue weighted by atomic mass is 79.9. The third kappa shape index (κ3) is 3.38.